The predicted molar refractivity (Wildman–Crippen MR) is 200 cm³/mol. The standard InChI is InChI=1S/C45H28N2O/c1-2-13-31(14-3-1)47-40-23-10-9-22-39(40)46-45(47)43-36-18-6-4-16-34(36)42(35-17-5-7-19-37(35)43)30-27-25-29(26-28-30)32-20-12-21-38-33-15-8-11-24-41(33)48-44(32)38/h1-28H. The monoisotopic (exact) mass is 612 g/mol. The molecule has 3 nitrogen and oxygen atoms in total. The maximum absolute atomic E-state index is 6.38. The van der Waals surface area contributed by atoms with Crippen LogP contribution in [-0.2, 0) is 0 Å². The number of fused-ring (bicyclic) bond motifs is 6. The molecule has 0 unspecified atom stereocenters. The van der Waals surface area contributed by atoms with Gasteiger partial charge in [-0.25, -0.2) is 4.98 Å². The highest BCUT2D eigenvalue weighted by Crippen LogP contribution is 2.45. The number of para-hydroxylation sites is 5. The number of hydrogen-bond donors (Lipinski definition) is 0. The molecule has 8 aromatic carbocycles. The van der Waals surface area contributed by atoms with Crippen LogP contribution in [0.2, 0.25) is 0 Å². The average Bonchev–Trinajstić information content (AvgIpc) is 3.73. The molecule has 224 valence electrons. The number of nitrogens with zero attached hydrogens (tertiary/aromatic N) is 2. The molecule has 0 saturated carbocycles. The van der Waals surface area contributed by atoms with Crippen LogP contribution in [0.4, 0.5) is 0 Å². The zero-order valence-corrected chi connectivity index (χ0v) is 26.0. The number of hydrogen-bond acceptors (Lipinski definition) is 2. The van der Waals surface area contributed by atoms with E-state index in [9.17, 15) is 0 Å². The van der Waals surface area contributed by atoms with Gasteiger partial charge in [0, 0.05) is 27.6 Å². The number of aromatic nitrogens is 2. The predicted octanol–water partition coefficient (Wildman–Crippen LogP) is 12.2. The molecule has 3 heteroatoms. The molecule has 0 amide bonds. The molecular weight excluding hydrogens is 585 g/mol. The Morgan fingerprint density at radius 1 is 0.417 bits per heavy atom. The molecular formula is C45H28N2O. The summed E-state index contributed by atoms with van der Waals surface area (Å²) in [6.07, 6.45) is 0. The normalized spacial score (nSPS) is 11.8. The van der Waals surface area contributed by atoms with Crippen molar-refractivity contribution in [3.63, 3.8) is 0 Å². The first-order valence-electron chi connectivity index (χ1n) is 16.3. The molecule has 48 heavy (non-hydrogen) atoms. The van der Waals surface area contributed by atoms with Gasteiger partial charge in [-0.05, 0) is 68.6 Å². The third kappa shape index (κ3) is 3.98. The van der Waals surface area contributed by atoms with Crippen molar-refractivity contribution in [3.05, 3.63) is 170 Å². The Morgan fingerprint density at radius 3 is 1.71 bits per heavy atom. The van der Waals surface area contributed by atoms with Crippen LogP contribution in [0.3, 0.4) is 0 Å². The van der Waals surface area contributed by atoms with Crippen molar-refractivity contribution in [1.82, 2.24) is 9.55 Å². The summed E-state index contributed by atoms with van der Waals surface area (Å²) in [4.78, 5) is 5.30. The summed E-state index contributed by atoms with van der Waals surface area (Å²) in [7, 11) is 0. The highest BCUT2D eigenvalue weighted by Gasteiger charge is 2.22. The fourth-order valence-corrected chi connectivity index (χ4v) is 7.50. The van der Waals surface area contributed by atoms with Crippen LogP contribution >= 0.6 is 0 Å². The van der Waals surface area contributed by atoms with Crippen LogP contribution in [0, 0.1) is 0 Å². The molecule has 0 aliphatic heterocycles. The third-order valence-electron chi connectivity index (χ3n) is 9.62. The first-order valence-corrected chi connectivity index (χ1v) is 16.3. The second-order valence-electron chi connectivity index (χ2n) is 12.3. The van der Waals surface area contributed by atoms with E-state index in [0.29, 0.717) is 0 Å². The van der Waals surface area contributed by atoms with Gasteiger partial charge in [-0.3, -0.25) is 4.57 Å². The summed E-state index contributed by atoms with van der Waals surface area (Å²) in [5.74, 6) is 0.940. The van der Waals surface area contributed by atoms with Gasteiger partial charge in [-0.1, -0.05) is 140 Å². The van der Waals surface area contributed by atoms with Gasteiger partial charge in [-0.15, -0.1) is 0 Å². The van der Waals surface area contributed by atoms with Gasteiger partial charge in [0.15, 0.2) is 0 Å². The first kappa shape index (κ1) is 26.7. The van der Waals surface area contributed by atoms with Gasteiger partial charge in [-0.2, -0.15) is 0 Å². The lowest BCUT2D eigenvalue weighted by Gasteiger charge is -2.18. The molecule has 0 aliphatic carbocycles. The van der Waals surface area contributed by atoms with Crippen molar-refractivity contribution in [2.75, 3.05) is 0 Å². The van der Waals surface area contributed by atoms with E-state index < -0.39 is 0 Å². The van der Waals surface area contributed by atoms with Crippen molar-refractivity contribution >= 4 is 54.5 Å². The van der Waals surface area contributed by atoms with E-state index in [1.807, 2.05) is 12.1 Å². The lowest BCUT2D eigenvalue weighted by molar-refractivity contribution is 0.670. The first-order chi connectivity index (χ1) is 23.8. The highest BCUT2D eigenvalue weighted by atomic mass is 16.3. The summed E-state index contributed by atoms with van der Waals surface area (Å²) in [5.41, 5.74) is 10.8. The van der Waals surface area contributed by atoms with Crippen LogP contribution in [0.1, 0.15) is 0 Å². The van der Waals surface area contributed by atoms with Crippen molar-refractivity contribution in [3.8, 4) is 39.3 Å². The molecule has 0 bridgehead atoms. The van der Waals surface area contributed by atoms with Gasteiger partial charge in [0.25, 0.3) is 0 Å². The summed E-state index contributed by atoms with van der Waals surface area (Å²) >= 11 is 0. The zero-order valence-electron chi connectivity index (χ0n) is 26.0. The Labute approximate surface area is 277 Å². The van der Waals surface area contributed by atoms with E-state index >= 15 is 0 Å². The average molecular weight is 613 g/mol. The lowest BCUT2D eigenvalue weighted by atomic mass is 9.87. The Morgan fingerprint density at radius 2 is 0.979 bits per heavy atom. The maximum atomic E-state index is 6.38. The van der Waals surface area contributed by atoms with Crippen molar-refractivity contribution < 1.29 is 4.42 Å². The molecule has 0 spiro atoms. The Balaban J connectivity index is 1.21. The van der Waals surface area contributed by atoms with Crippen LogP contribution in [0.25, 0.3) is 93.8 Å². The minimum Gasteiger partial charge on any atom is -0.455 e. The highest BCUT2D eigenvalue weighted by molar-refractivity contribution is 6.21. The molecule has 0 saturated heterocycles. The molecule has 2 heterocycles. The van der Waals surface area contributed by atoms with Crippen LogP contribution in [0.15, 0.2) is 174 Å². The van der Waals surface area contributed by atoms with E-state index in [4.69, 9.17) is 9.40 Å². The lowest BCUT2D eigenvalue weighted by Crippen LogP contribution is -1.99. The van der Waals surface area contributed by atoms with E-state index in [1.54, 1.807) is 0 Å². The summed E-state index contributed by atoms with van der Waals surface area (Å²) < 4.78 is 8.68. The van der Waals surface area contributed by atoms with Gasteiger partial charge in [0.2, 0.25) is 0 Å². The molecule has 2 aromatic heterocycles. The van der Waals surface area contributed by atoms with Gasteiger partial charge in [0.1, 0.15) is 17.0 Å². The Hall–Kier alpha value is -6.45. The van der Waals surface area contributed by atoms with Crippen molar-refractivity contribution in [2.45, 2.75) is 0 Å². The largest absolute Gasteiger partial charge is 0.455 e. The topological polar surface area (TPSA) is 31.0 Å². The summed E-state index contributed by atoms with van der Waals surface area (Å²) in [6.45, 7) is 0. The minimum absolute atomic E-state index is 0.912. The van der Waals surface area contributed by atoms with Gasteiger partial charge >= 0.3 is 0 Å². The molecule has 10 rings (SSSR count). The van der Waals surface area contributed by atoms with Crippen LogP contribution in [-0.4, -0.2) is 9.55 Å². The Kier molecular flexibility index (Phi) is 5.87. The van der Waals surface area contributed by atoms with Gasteiger partial charge in [0.05, 0.1) is 11.0 Å². The fraction of sp³-hybridized carbons (Fsp3) is 0. The number of imidazole rings is 1. The van der Waals surface area contributed by atoms with E-state index in [1.165, 1.54) is 32.7 Å². The number of furan rings is 1. The second kappa shape index (κ2) is 10.5. The van der Waals surface area contributed by atoms with Gasteiger partial charge < -0.3 is 4.42 Å². The number of benzene rings is 8. The fourth-order valence-electron chi connectivity index (χ4n) is 7.50. The van der Waals surface area contributed by atoms with Crippen molar-refractivity contribution in [1.29, 1.82) is 0 Å². The Bertz CT molecular complexity index is 2770. The molecule has 0 atom stereocenters. The SMILES string of the molecule is c1ccc(-n2c(-c3c4ccccc4c(-c4ccc(-c5cccc6c5oc5ccccc56)cc4)c4ccccc34)nc3ccccc32)cc1. The summed E-state index contributed by atoms with van der Waals surface area (Å²) in [6, 6.07) is 60.1. The quantitative estimate of drug-likeness (QED) is 0.185. The molecule has 0 aliphatic rings. The second-order valence-corrected chi connectivity index (χ2v) is 12.3. The maximum Gasteiger partial charge on any atom is 0.146 e. The smallest absolute Gasteiger partial charge is 0.146 e. The van der Waals surface area contributed by atoms with Crippen molar-refractivity contribution in [2.24, 2.45) is 0 Å². The molecule has 10 aromatic rings. The minimum atomic E-state index is 0.912. The van der Waals surface area contributed by atoms with E-state index in [-0.39, 0.29) is 0 Å². The summed E-state index contributed by atoms with van der Waals surface area (Å²) in [5, 5.41) is 7.03. The van der Waals surface area contributed by atoms with E-state index in [2.05, 4.69) is 162 Å². The number of rotatable bonds is 4. The molecule has 0 fully saturated rings. The van der Waals surface area contributed by atoms with Crippen LogP contribution in [0.5, 0.6) is 0 Å². The third-order valence-corrected chi connectivity index (χ3v) is 9.62. The van der Waals surface area contributed by atoms with Crippen LogP contribution < -0.4 is 0 Å². The van der Waals surface area contributed by atoms with E-state index in [0.717, 1.165) is 61.2 Å². The molecule has 0 radical (unpaired) electrons. The zero-order chi connectivity index (χ0) is 31.6. The molecule has 0 N–H and O–H groups in total.